The molecule has 4 aromatic rings. The van der Waals surface area contributed by atoms with E-state index in [1.165, 1.54) is 12.1 Å². The summed E-state index contributed by atoms with van der Waals surface area (Å²) in [5.41, 5.74) is 2.41. The summed E-state index contributed by atoms with van der Waals surface area (Å²) in [4.78, 5) is 15.1. The lowest BCUT2D eigenvalue weighted by molar-refractivity contribution is -0.137. The van der Waals surface area contributed by atoms with Gasteiger partial charge in [0.2, 0.25) is 5.91 Å². The second-order valence-corrected chi connectivity index (χ2v) is 8.55. The van der Waals surface area contributed by atoms with Gasteiger partial charge in [-0.1, -0.05) is 30.3 Å². The lowest BCUT2D eigenvalue weighted by Crippen LogP contribution is -2.39. The Morgan fingerprint density at radius 1 is 1.06 bits per heavy atom. The van der Waals surface area contributed by atoms with E-state index in [2.05, 4.69) is 15.3 Å². The van der Waals surface area contributed by atoms with Gasteiger partial charge in [-0.25, -0.2) is 0 Å². The molecule has 3 heterocycles. The molecule has 2 aromatic heterocycles. The highest BCUT2D eigenvalue weighted by atomic mass is 19.4. The Labute approximate surface area is 194 Å². The van der Waals surface area contributed by atoms with Crippen molar-refractivity contribution in [3.8, 4) is 11.1 Å². The van der Waals surface area contributed by atoms with E-state index in [0.29, 0.717) is 25.1 Å². The van der Waals surface area contributed by atoms with Gasteiger partial charge in [-0.3, -0.25) is 14.6 Å². The molecule has 0 saturated carbocycles. The molecule has 1 aliphatic rings. The molecule has 1 N–H and O–H groups in total. The van der Waals surface area contributed by atoms with Crippen LogP contribution < -0.4 is 0 Å². The molecule has 0 radical (unpaired) electrons. The number of hydrogen-bond donors (Lipinski definition) is 1. The van der Waals surface area contributed by atoms with Crippen LogP contribution >= 0.6 is 0 Å². The Bertz CT molecular complexity index is 1290. The van der Waals surface area contributed by atoms with Crippen LogP contribution in [0.15, 0.2) is 60.9 Å². The molecule has 1 saturated heterocycles. The number of piperidine rings is 1. The SMILES string of the molecule is O=C(CCn1ncc2ccccc21)N1CCCCC1c1[nH]ncc1-c1ccc(C(F)(F)F)cc1. The van der Waals surface area contributed by atoms with E-state index in [0.717, 1.165) is 53.6 Å². The van der Waals surface area contributed by atoms with Crippen molar-refractivity contribution in [2.75, 3.05) is 6.54 Å². The first-order valence-electron chi connectivity index (χ1n) is 11.3. The van der Waals surface area contributed by atoms with Crippen LogP contribution in [0, 0.1) is 0 Å². The molecule has 34 heavy (non-hydrogen) atoms. The maximum atomic E-state index is 13.3. The van der Waals surface area contributed by atoms with Crippen LogP contribution in [0.25, 0.3) is 22.0 Å². The Morgan fingerprint density at radius 2 is 1.85 bits per heavy atom. The van der Waals surface area contributed by atoms with Crippen LogP contribution in [0.3, 0.4) is 0 Å². The Kier molecular flexibility index (Phi) is 5.85. The number of nitrogens with zero attached hydrogens (tertiary/aromatic N) is 4. The number of carbonyl (C=O) groups is 1. The molecular weight excluding hydrogens is 443 g/mol. The van der Waals surface area contributed by atoms with E-state index in [-0.39, 0.29) is 11.9 Å². The van der Waals surface area contributed by atoms with Crippen molar-refractivity contribution >= 4 is 16.8 Å². The zero-order chi connectivity index (χ0) is 23.7. The molecule has 1 unspecified atom stereocenters. The minimum atomic E-state index is -4.38. The smallest absolute Gasteiger partial charge is 0.334 e. The van der Waals surface area contributed by atoms with Crippen molar-refractivity contribution in [3.63, 3.8) is 0 Å². The van der Waals surface area contributed by atoms with E-state index in [1.54, 1.807) is 12.4 Å². The molecule has 5 rings (SSSR count). The molecule has 1 fully saturated rings. The predicted octanol–water partition coefficient (Wildman–Crippen LogP) is 5.59. The lowest BCUT2D eigenvalue weighted by Gasteiger charge is -2.36. The first kappa shape index (κ1) is 22.2. The first-order valence-corrected chi connectivity index (χ1v) is 11.3. The fraction of sp³-hybridized carbons (Fsp3) is 0.320. The molecule has 0 spiro atoms. The van der Waals surface area contributed by atoms with E-state index in [4.69, 9.17) is 0 Å². The number of halogens is 3. The average molecular weight is 467 g/mol. The van der Waals surface area contributed by atoms with Gasteiger partial charge in [0, 0.05) is 23.9 Å². The van der Waals surface area contributed by atoms with E-state index < -0.39 is 11.7 Å². The highest BCUT2D eigenvalue weighted by molar-refractivity contribution is 5.80. The number of amides is 1. The van der Waals surface area contributed by atoms with E-state index in [1.807, 2.05) is 33.8 Å². The van der Waals surface area contributed by atoms with Gasteiger partial charge in [-0.15, -0.1) is 0 Å². The van der Waals surface area contributed by atoms with Gasteiger partial charge in [0.05, 0.1) is 41.8 Å². The average Bonchev–Trinajstić information content (AvgIpc) is 3.49. The number of fused-ring (bicyclic) bond motifs is 1. The molecule has 1 aliphatic heterocycles. The zero-order valence-corrected chi connectivity index (χ0v) is 18.4. The molecule has 1 atom stereocenters. The second kappa shape index (κ2) is 8.96. The fourth-order valence-electron chi connectivity index (χ4n) is 4.70. The van der Waals surface area contributed by atoms with Gasteiger partial charge in [-0.2, -0.15) is 23.4 Å². The molecule has 6 nitrogen and oxygen atoms in total. The summed E-state index contributed by atoms with van der Waals surface area (Å²) in [5.74, 6) is 0.0252. The van der Waals surface area contributed by atoms with Crippen LogP contribution in [0.4, 0.5) is 13.2 Å². The second-order valence-electron chi connectivity index (χ2n) is 8.55. The maximum Gasteiger partial charge on any atom is 0.416 e. The Morgan fingerprint density at radius 3 is 2.65 bits per heavy atom. The molecular formula is C25H24F3N5O. The van der Waals surface area contributed by atoms with Gasteiger partial charge >= 0.3 is 6.18 Å². The van der Waals surface area contributed by atoms with Crippen molar-refractivity contribution in [1.82, 2.24) is 24.9 Å². The number of H-pyrrole nitrogens is 1. The predicted molar refractivity (Wildman–Crippen MR) is 122 cm³/mol. The summed E-state index contributed by atoms with van der Waals surface area (Å²) in [6.45, 7) is 1.11. The molecule has 176 valence electrons. The van der Waals surface area contributed by atoms with Gasteiger partial charge in [0.1, 0.15) is 0 Å². The number of carbonyl (C=O) groups excluding carboxylic acids is 1. The monoisotopic (exact) mass is 467 g/mol. The molecule has 9 heteroatoms. The number of aryl methyl sites for hydroxylation is 1. The van der Waals surface area contributed by atoms with Crippen LogP contribution in [0.2, 0.25) is 0 Å². The molecule has 0 bridgehead atoms. The van der Waals surface area contributed by atoms with Crippen LogP contribution in [-0.2, 0) is 17.5 Å². The number of aromatic nitrogens is 4. The van der Waals surface area contributed by atoms with Crippen molar-refractivity contribution < 1.29 is 18.0 Å². The summed E-state index contributed by atoms with van der Waals surface area (Å²) >= 11 is 0. The summed E-state index contributed by atoms with van der Waals surface area (Å²) in [5, 5.41) is 12.6. The largest absolute Gasteiger partial charge is 0.416 e. The van der Waals surface area contributed by atoms with Crippen molar-refractivity contribution in [2.45, 2.75) is 44.4 Å². The van der Waals surface area contributed by atoms with Crippen molar-refractivity contribution in [3.05, 3.63) is 72.2 Å². The minimum Gasteiger partial charge on any atom is -0.334 e. The Balaban J connectivity index is 1.35. The van der Waals surface area contributed by atoms with Crippen molar-refractivity contribution in [2.24, 2.45) is 0 Å². The molecule has 1 amide bonds. The maximum absolute atomic E-state index is 13.3. The van der Waals surface area contributed by atoms with Gasteiger partial charge < -0.3 is 4.90 Å². The number of alkyl halides is 3. The number of benzene rings is 2. The number of aromatic amines is 1. The normalized spacial score (nSPS) is 16.8. The third kappa shape index (κ3) is 4.30. The van der Waals surface area contributed by atoms with Crippen LogP contribution in [0.5, 0.6) is 0 Å². The van der Waals surface area contributed by atoms with Crippen LogP contribution in [-0.4, -0.2) is 37.3 Å². The highest BCUT2D eigenvalue weighted by Crippen LogP contribution is 2.37. The Hall–Kier alpha value is -3.62. The number of nitrogens with one attached hydrogen (secondary N) is 1. The van der Waals surface area contributed by atoms with Crippen LogP contribution in [0.1, 0.15) is 43.0 Å². The summed E-state index contributed by atoms with van der Waals surface area (Å²) < 4.78 is 40.7. The standard InChI is InChI=1S/C25H24F3N5O/c26-25(27,28)19-10-8-17(9-11-19)20-16-29-31-24(20)22-7-3-4-13-32(22)23(34)12-14-33-21-6-2-1-5-18(21)15-30-33/h1-2,5-6,8-11,15-16,22H,3-4,7,12-14H2,(H,29,31). The summed E-state index contributed by atoms with van der Waals surface area (Å²) in [6.07, 6.45) is 1.98. The third-order valence-electron chi connectivity index (χ3n) is 6.44. The molecule has 2 aromatic carbocycles. The van der Waals surface area contributed by atoms with Gasteiger partial charge in [-0.05, 0) is 43.0 Å². The van der Waals surface area contributed by atoms with Crippen molar-refractivity contribution in [1.29, 1.82) is 0 Å². The zero-order valence-electron chi connectivity index (χ0n) is 18.4. The number of para-hydroxylation sites is 1. The highest BCUT2D eigenvalue weighted by Gasteiger charge is 2.32. The molecule has 0 aliphatic carbocycles. The number of likely N-dealkylation sites (tertiary alicyclic amines) is 1. The van der Waals surface area contributed by atoms with Gasteiger partial charge in [0.25, 0.3) is 0 Å². The number of rotatable bonds is 5. The van der Waals surface area contributed by atoms with E-state index in [9.17, 15) is 18.0 Å². The quantitative estimate of drug-likeness (QED) is 0.416. The third-order valence-corrected chi connectivity index (χ3v) is 6.44. The summed E-state index contributed by atoms with van der Waals surface area (Å²) in [7, 11) is 0. The van der Waals surface area contributed by atoms with E-state index >= 15 is 0 Å². The van der Waals surface area contributed by atoms with Gasteiger partial charge in [0.15, 0.2) is 0 Å². The summed E-state index contributed by atoms with van der Waals surface area (Å²) in [6, 6.07) is 12.7. The topological polar surface area (TPSA) is 66.8 Å². The lowest BCUT2D eigenvalue weighted by atomic mass is 9.94. The fourth-order valence-corrected chi connectivity index (χ4v) is 4.70. The minimum absolute atomic E-state index is 0.0252. The number of hydrogen-bond acceptors (Lipinski definition) is 3. The first-order chi connectivity index (χ1) is 16.4.